The van der Waals surface area contributed by atoms with Gasteiger partial charge in [0.2, 0.25) is 0 Å². The van der Waals surface area contributed by atoms with Crippen molar-refractivity contribution in [2.75, 3.05) is 0 Å². The Morgan fingerprint density at radius 3 is 2.69 bits per heavy atom. The molecule has 0 unspecified atom stereocenters. The molecule has 0 bridgehead atoms. The lowest BCUT2D eigenvalue weighted by Gasteiger charge is -2.05. The summed E-state index contributed by atoms with van der Waals surface area (Å²) in [5.41, 5.74) is -0.0353. The first kappa shape index (κ1) is 11.0. The molecule has 0 amide bonds. The van der Waals surface area contributed by atoms with E-state index in [1.165, 1.54) is 0 Å². The van der Waals surface area contributed by atoms with Gasteiger partial charge < -0.3 is 0 Å². The van der Waals surface area contributed by atoms with Gasteiger partial charge in [-0.1, -0.05) is 0 Å². The zero-order valence-electron chi connectivity index (χ0n) is 6.10. The molecular formula is C7H3BrF2INO. The Bertz CT molecular complexity index is 346. The molecule has 6 heteroatoms. The Morgan fingerprint density at radius 2 is 2.23 bits per heavy atom. The Morgan fingerprint density at radius 1 is 1.62 bits per heavy atom. The molecular weight excluding hydrogens is 359 g/mol. The molecule has 0 aromatic carbocycles. The fourth-order valence-corrected chi connectivity index (χ4v) is 1.77. The van der Waals surface area contributed by atoms with Crippen molar-refractivity contribution in [3.63, 3.8) is 0 Å². The van der Waals surface area contributed by atoms with Crippen molar-refractivity contribution >= 4 is 44.8 Å². The minimum Gasteiger partial charge on any atom is -0.298 e. The summed E-state index contributed by atoms with van der Waals surface area (Å²) in [7, 11) is 0. The van der Waals surface area contributed by atoms with Gasteiger partial charge in [0.25, 0.3) is 6.43 Å². The van der Waals surface area contributed by atoms with Gasteiger partial charge in [-0.25, -0.2) is 8.78 Å². The van der Waals surface area contributed by atoms with Crippen molar-refractivity contribution in [1.29, 1.82) is 0 Å². The quantitative estimate of drug-likeness (QED) is 0.598. The van der Waals surface area contributed by atoms with Gasteiger partial charge in [0.05, 0.1) is 4.47 Å². The van der Waals surface area contributed by atoms with E-state index in [0.29, 0.717) is 15.4 Å². The number of pyridine rings is 1. The second-order valence-corrected chi connectivity index (χ2v) is 4.02. The monoisotopic (exact) mass is 361 g/mol. The van der Waals surface area contributed by atoms with Crippen molar-refractivity contribution in [3.05, 3.63) is 25.5 Å². The highest BCUT2D eigenvalue weighted by Gasteiger charge is 2.17. The SMILES string of the molecule is O=Cc1cnc(C(F)F)c(Br)c1I. The summed E-state index contributed by atoms with van der Waals surface area (Å²) in [5, 5.41) is 0. The molecule has 0 radical (unpaired) electrons. The standard InChI is InChI=1S/C7H3BrF2INO/c8-4-5(11)3(2-13)1-12-6(4)7(9)10/h1-2,7H. The lowest BCUT2D eigenvalue weighted by Crippen LogP contribution is -1.98. The molecule has 0 saturated carbocycles. The van der Waals surface area contributed by atoms with E-state index in [9.17, 15) is 13.6 Å². The summed E-state index contributed by atoms with van der Waals surface area (Å²) in [5.74, 6) is 0. The van der Waals surface area contributed by atoms with Gasteiger partial charge in [-0.15, -0.1) is 0 Å². The van der Waals surface area contributed by atoms with Crippen LogP contribution in [-0.4, -0.2) is 11.3 Å². The normalized spacial score (nSPS) is 10.5. The first-order valence-corrected chi connectivity index (χ1v) is 5.02. The Balaban J connectivity index is 3.31. The summed E-state index contributed by atoms with van der Waals surface area (Å²) in [6.45, 7) is 0. The van der Waals surface area contributed by atoms with Crippen LogP contribution in [0, 0.1) is 3.57 Å². The van der Waals surface area contributed by atoms with Gasteiger partial charge in [0, 0.05) is 15.3 Å². The molecule has 0 aliphatic carbocycles. The van der Waals surface area contributed by atoms with Crippen LogP contribution in [0.25, 0.3) is 0 Å². The lowest BCUT2D eigenvalue weighted by molar-refractivity contribution is 0.112. The van der Waals surface area contributed by atoms with E-state index >= 15 is 0 Å². The predicted octanol–water partition coefficient (Wildman–Crippen LogP) is 3.20. The van der Waals surface area contributed by atoms with E-state index in [1.54, 1.807) is 0 Å². The topological polar surface area (TPSA) is 30.0 Å². The zero-order valence-corrected chi connectivity index (χ0v) is 9.84. The maximum absolute atomic E-state index is 12.3. The third kappa shape index (κ3) is 2.22. The number of carbonyl (C=O) groups excluding carboxylic acids is 1. The first-order chi connectivity index (χ1) is 6.07. The number of alkyl halides is 2. The molecule has 0 N–H and O–H groups in total. The molecule has 1 heterocycles. The number of aldehydes is 1. The van der Waals surface area contributed by atoms with Crippen LogP contribution in [0.1, 0.15) is 22.5 Å². The van der Waals surface area contributed by atoms with Crippen LogP contribution >= 0.6 is 38.5 Å². The van der Waals surface area contributed by atoms with E-state index in [0.717, 1.165) is 6.20 Å². The second kappa shape index (κ2) is 4.41. The Kier molecular flexibility index (Phi) is 3.72. The van der Waals surface area contributed by atoms with Gasteiger partial charge in [-0.2, -0.15) is 0 Å². The van der Waals surface area contributed by atoms with Crippen molar-refractivity contribution in [2.24, 2.45) is 0 Å². The number of hydrogen-bond acceptors (Lipinski definition) is 2. The van der Waals surface area contributed by atoms with Gasteiger partial charge in [0.15, 0.2) is 6.29 Å². The van der Waals surface area contributed by atoms with E-state index in [1.807, 2.05) is 22.6 Å². The average molecular weight is 362 g/mol. The maximum atomic E-state index is 12.3. The van der Waals surface area contributed by atoms with Crippen molar-refractivity contribution in [2.45, 2.75) is 6.43 Å². The average Bonchev–Trinajstić information content (AvgIpc) is 2.09. The molecule has 0 aliphatic heterocycles. The van der Waals surface area contributed by atoms with E-state index < -0.39 is 6.43 Å². The smallest absolute Gasteiger partial charge is 0.281 e. The molecule has 0 aliphatic rings. The number of nitrogens with zero attached hydrogens (tertiary/aromatic N) is 1. The first-order valence-electron chi connectivity index (χ1n) is 3.15. The molecule has 13 heavy (non-hydrogen) atoms. The zero-order chi connectivity index (χ0) is 10.0. The van der Waals surface area contributed by atoms with Gasteiger partial charge in [-0.05, 0) is 38.5 Å². The molecule has 0 spiro atoms. The highest BCUT2D eigenvalue weighted by atomic mass is 127. The van der Waals surface area contributed by atoms with Crippen LogP contribution in [0.3, 0.4) is 0 Å². The highest BCUT2D eigenvalue weighted by molar-refractivity contribution is 14.1. The number of hydrogen-bond donors (Lipinski definition) is 0. The second-order valence-electron chi connectivity index (χ2n) is 2.15. The summed E-state index contributed by atoms with van der Waals surface area (Å²) in [4.78, 5) is 13.9. The largest absolute Gasteiger partial charge is 0.298 e. The number of halogens is 4. The van der Waals surface area contributed by atoms with Crippen LogP contribution in [-0.2, 0) is 0 Å². The predicted molar refractivity (Wildman–Crippen MR) is 55.0 cm³/mol. The summed E-state index contributed by atoms with van der Waals surface area (Å²) in [6.07, 6.45) is -0.917. The third-order valence-electron chi connectivity index (χ3n) is 1.35. The molecule has 70 valence electrons. The minimum absolute atomic E-state index is 0.188. The maximum Gasteiger partial charge on any atom is 0.281 e. The molecule has 1 aromatic heterocycles. The van der Waals surface area contributed by atoms with Gasteiger partial charge in [0.1, 0.15) is 5.69 Å². The fourth-order valence-electron chi connectivity index (χ4n) is 0.726. The van der Waals surface area contributed by atoms with Gasteiger partial charge in [-0.3, -0.25) is 9.78 Å². The van der Waals surface area contributed by atoms with E-state index in [2.05, 4.69) is 20.9 Å². The minimum atomic E-state index is -2.64. The molecule has 0 fully saturated rings. The van der Waals surface area contributed by atoms with Crippen LogP contribution in [0.5, 0.6) is 0 Å². The highest BCUT2D eigenvalue weighted by Crippen LogP contribution is 2.30. The van der Waals surface area contributed by atoms with Crippen LogP contribution in [0.15, 0.2) is 10.7 Å². The van der Waals surface area contributed by atoms with Crippen molar-refractivity contribution < 1.29 is 13.6 Å². The van der Waals surface area contributed by atoms with Crippen molar-refractivity contribution in [1.82, 2.24) is 4.98 Å². The molecule has 1 aromatic rings. The Labute approximate surface area is 95.0 Å². The summed E-state index contributed by atoms with van der Waals surface area (Å²) in [6, 6.07) is 0. The Hall–Kier alpha value is -0.110. The van der Waals surface area contributed by atoms with E-state index in [4.69, 9.17) is 0 Å². The molecule has 0 atom stereocenters. The molecule has 2 nitrogen and oxygen atoms in total. The summed E-state index contributed by atoms with van der Waals surface area (Å²) >= 11 is 4.78. The number of rotatable bonds is 2. The van der Waals surface area contributed by atoms with Gasteiger partial charge >= 0.3 is 0 Å². The van der Waals surface area contributed by atoms with Crippen molar-refractivity contribution in [3.8, 4) is 0 Å². The van der Waals surface area contributed by atoms with Crippen LogP contribution < -0.4 is 0 Å². The fraction of sp³-hybridized carbons (Fsp3) is 0.143. The van der Waals surface area contributed by atoms with Crippen LogP contribution in [0.4, 0.5) is 8.78 Å². The molecule has 1 rings (SSSR count). The number of carbonyl (C=O) groups is 1. The van der Waals surface area contributed by atoms with E-state index in [-0.39, 0.29) is 10.2 Å². The number of aromatic nitrogens is 1. The van der Waals surface area contributed by atoms with Crippen LogP contribution in [0.2, 0.25) is 0 Å². The lowest BCUT2D eigenvalue weighted by atomic mass is 10.3. The molecule has 0 saturated heterocycles. The third-order valence-corrected chi connectivity index (χ3v) is 4.05. The summed E-state index contributed by atoms with van der Waals surface area (Å²) < 4.78 is 25.2.